The summed E-state index contributed by atoms with van der Waals surface area (Å²) in [5, 5.41) is 0. The van der Waals surface area contributed by atoms with Gasteiger partial charge < -0.3 is 14.8 Å². The zero-order valence-electron chi connectivity index (χ0n) is 14.1. The van der Waals surface area contributed by atoms with Crippen LogP contribution in [0.25, 0.3) is 0 Å². The lowest BCUT2D eigenvalue weighted by Crippen LogP contribution is -2.00. The van der Waals surface area contributed by atoms with E-state index >= 15 is 0 Å². The van der Waals surface area contributed by atoms with Crippen molar-refractivity contribution in [2.75, 3.05) is 25.9 Å². The zero-order chi connectivity index (χ0) is 15.8. The fourth-order valence-electron chi connectivity index (χ4n) is 2.42. The average molecular weight is 321 g/mol. The molecular formula is C16H36NO3P. The van der Waals surface area contributed by atoms with Gasteiger partial charge in [-0.25, -0.2) is 0 Å². The van der Waals surface area contributed by atoms with Gasteiger partial charge in [0.1, 0.15) is 0 Å². The molecule has 0 aliphatic heterocycles. The van der Waals surface area contributed by atoms with Gasteiger partial charge in [0.25, 0.3) is 0 Å². The van der Waals surface area contributed by atoms with Gasteiger partial charge in [-0.05, 0) is 33.2 Å². The Balaban J connectivity index is 3.40. The molecule has 0 fully saturated rings. The molecule has 5 heteroatoms. The molecule has 0 radical (unpaired) electrons. The molecule has 0 aromatic heterocycles. The van der Waals surface area contributed by atoms with Crippen LogP contribution in [0.3, 0.4) is 0 Å². The summed E-state index contributed by atoms with van der Waals surface area (Å²) in [6.45, 7) is 5.47. The highest BCUT2D eigenvalue weighted by Gasteiger charge is 2.22. The second-order valence-electron chi connectivity index (χ2n) is 5.49. The second kappa shape index (κ2) is 15.0. The summed E-state index contributed by atoms with van der Waals surface area (Å²) in [6, 6.07) is 0. The monoisotopic (exact) mass is 321 g/mol. The first-order valence-electron chi connectivity index (χ1n) is 8.76. The molecule has 0 rings (SSSR count). The van der Waals surface area contributed by atoms with E-state index in [9.17, 15) is 4.57 Å². The Bertz CT molecular complexity index is 252. The Morgan fingerprint density at radius 1 is 0.714 bits per heavy atom. The van der Waals surface area contributed by atoms with Crippen molar-refractivity contribution in [3.8, 4) is 0 Å². The first-order valence-corrected chi connectivity index (χ1v) is 10.5. The van der Waals surface area contributed by atoms with Crippen LogP contribution >= 0.6 is 7.60 Å². The maximum absolute atomic E-state index is 12.2. The highest BCUT2D eigenvalue weighted by Crippen LogP contribution is 2.48. The minimum absolute atomic E-state index is 0.460. The molecule has 21 heavy (non-hydrogen) atoms. The first kappa shape index (κ1) is 21.1. The molecule has 0 aromatic carbocycles. The molecule has 0 unspecified atom stereocenters. The summed E-state index contributed by atoms with van der Waals surface area (Å²) >= 11 is 0. The predicted molar refractivity (Wildman–Crippen MR) is 90.9 cm³/mol. The minimum atomic E-state index is -2.81. The molecular weight excluding hydrogens is 285 g/mol. The van der Waals surface area contributed by atoms with Crippen LogP contribution in [0, 0.1) is 0 Å². The predicted octanol–water partition coefficient (Wildman–Crippen LogP) is 5.11. The van der Waals surface area contributed by atoms with Crippen LogP contribution < -0.4 is 5.73 Å². The van der Waals surface area contributed by atoms with Crippen molar-refractivity contribution >= 4 is 7.60 Å². The quantitative estimate of drug-likeness (QED) is 0.317. The van der Waals surface area contributed by atoms with E-state index in [1.54, 1.807) is 0 Å². The molecule has 0 spiro atoms. The number of hydrogen-bond donors (Lipinski definition) is 1. The van der Waals surface area contributed by atoms with E-state index in [1.165, 1.54) is 51.4 Å². The van der Waals surface area contributed by atoms with E-state index in [2.05, 4.69) is 0 Å². The van der Waals surface area contributed by atoms with E-state index < -0.39 is 7.60 Å². The number of nitrogens with two attached hydrogens (primary N) is 1. The maximum atomic E-state index is 12.2. The van der Waals surface area contributed by atoms with Gasteiger partial charge in [0, 0.05) is 0 Å². The molecule has 0 aromatic rings. The van der Waals surface area contributed by atoms with Crippen LogP contribution in [0.4, 0.5) is 0 Å². The highest BCUT2D eigenvalue weighted by molar-refractivity contribution is 7.53. The summed E-state index contributed by atoms with van der Waals surface area (Å²) in [5.74, 6) is 0. The third kappa shape index (κ3) is 13.5. The summed E-state index contributed by atoms with van der Waals surface area (Å²) in [5.41, 5.74) is 5.47. The van der Waals surface area contributed by atoms with E-state index in [-0.39, 0.29) is 0 Å². The highest BCUT2D eigenvalue weighted by atomic mass is 31.2. The molecule has 0 heterocycles. The lowest BCUT2D eigenvalue weighted by Gasteiger charge is -2.16. The SMILES string of the molecule is CCOP(=O)(CCCCCCCCCCCCN)OCC. The number of unbranched alkanes of at least 4 members (excludes halogenated alkanes) is 9. The van der Waals surface area contributed by atoms with Gasteiger partial charge in [-0.2, -0.15) is 0 Å². The molecule has 0 aliphatic carbocycles. The van der Waals surface area contributed by atoms with Crippen LogP contribution in [0.2, 0.25) is 0 Å². The third-order valence-electron chi connectivity index (χ3n) is 3.54. The van der Waals surface area contributed by atoms with Crippen LogP contribution in [0.1, 0.15) is 78.1 Å². The molecule has 0 atom stereocenters. The van der Waals surface area contributed by atoms with Crippen molar-refractivity contribution in [2.24, 2.45) is 5.73 Å². The summed E-state index contributed by atoms with van der Waals surface area (Å²) in [7, 11) is -2.81. The van der Waals surface area contributed by atoms with Gasteiger partial charge >= 0.3 is 7.60 Å². The molecule has 128 valence electrons. The standard InChI is InChI=1S/C16H36NO3P/c1-3-19-21(18,20-4-2)16-14-12-10-8-6-5-7-9-11-13-15-17/h3-17H2,1-2H3. The Kier molecular flexibility index (Phi) is 15.1. The maximum Gasteiger partial charge on any atom is 0.330 e. The fraction of sp³-hybridized carbons (Fsp3) is 1.00. The van der Waals surface area contributed by atoms with Crippen molar-refractivity contribution < 1.29 is 13.6 Å². The molecule has 0 aliphatic rings. The Labute approximate surface area is 131 Å². The van der Waals surface area contributed by atoms with Gasteiger partial charge in [0.2, 0.25) is 0 Å². The van der Waals surface area contributed by atoms with Crippen molar-refractivity contribution in [3.63, 3.8) is 0 Å². The van der Waals surface area contributed by atoms with Gasteiger partial charge in [-0.1, -0.05) is 51.4 Å². The summed E-state index contributed by atoms with van der Waals surface area (Å²) in [4.78, 5) is 0. The second-order valence-corrected chi connectivity index (χ2v) is 7.68. The number of rotatable bonds is 16. The lowest BCUT2D eigenvalue weighted by molar-refractivity contribution is 0.219. The topological polar surface area (TPSA) is 61.5 Å². The first-order chi connectivity index (χ1) is 10.2. The largest absolute Gasteiger partial charge is 0.330 e. The van der Waals surface area contributed by atoms with E-state index in [0.29, 0.717) is 19.4 Å². The Morgan fingerprint density at radius 2 is 1.10 bits per heavy atom. The third-order valence-corrected chi connectivity index (χ3v) is 5.70. The van der Waals surface area contributed by atoms with Crippen molar-refractivity contribution in [3.05, 3.63) is 0 Å². The van der Waals surface area contributed by atoms with Gasteiger partial charge in [-0.15, -0.1) is 0 Å². The van der Waals surface area contributed by atoms with E-state index in [4.69, 9.17) is 14.8 Å². The zero-order valence-corrected chi connectivity index (χ0v) is 15.0. The molecule has 2 N–H and O–H groups in total. The van der Waals surface area contributed by atoms with Crippen LogP contribution in [-0.4, -0.2) is 25.9 Å². The van der Waals surface area contributed by atoms with Gasteiger partial charge in [0.15, 0.2) is 0 Å². The molecule has 0 amide bonds. The molecule has 0 saturated carbocycles. The Hall–Kier alpha value is 0.110. The van der Waals surface area contributed by atoms with Crippen LogP contribution in [0.5, 0.6) is 0 Å². The fourth-order valence-corrected chi connectivity index (χ4v) is 4.15. The van der Waals surface area contributed by atoms with Crippen molar-refractivity contribution in [1.29, 1.82) is 0 Å². The Morgan fingerprint density at radius 3 is 1.48 bits per heavy atom. The van der Waals surface area contributed by atoms with Crippen LogP contribution in [-0.2, 0) is 13.6 Å². The minimum Gasteiger partial charge on any atom is -0.330 e. The molecule has 0 saturated heterocycles. The lowest BCUT2D eigenvalue weighted by atomic mass is 10.1. The number of hydrogen-bond acceptors (Lipinski definition) is 4. The normalized spacial score (nSPS) is 12.0. The average Bonchev–Trinajstić information content (AvgIpc) is 2.45. The summed E-state index contributed by atoms with van der Waals surface area (Å²) in [6.07, 6.45) is 12.9. The van der Waals surface area contributed by atoms with Gasteiger partial charge in [0.05, 0.1) is 19.4 Å². The van der Waals surface area contributed by atoms with Crippen LogP contribution in [0.15, 0.2) is 0 Å². The smallest absolute Gasteiger partial charge is 0.330 e. The molecule has 4 nitrogen and oxygen atoms in total. The molecule has 0 bridgehead atoms. The van der Waals surface area contributed by atoms with E-state index in [1.807, 2.05) is 13.8 Å². The summed E-state index contributed by atoms with van der Waals surface area (Å²) < 4.78 is 22.8. The van der Waals surface area contributed by atoms with E-state index in [0.717, 1.165) is 19.4 Å². The van der Waals surface area contributed by atoms with Gasteiger partial charge in [-0.3, -0.25) is 4.57 Å². The van der Waals surface area contributed by atoms with Crippen molar-refractivity contribution in [1.82, 2.24) is 0 Å². The van der Waals surface area contributed by atoms with Crippen molar-refractivity contribution in [2.45, 2.75) is 78.1 Å².